The van der Waals surface area contributed by atoms with Crippen molar-refractivity contribution < 1.29 is 33.2 Å². The molecular weight excluding hydrogens is 620 g/mol. The summed E-state index contributed by atoms with van der Waals surface area (Å²) >= 11 is 0. The molecule has 0 amide bonds. The molecule has 5 heterocycles. The molecule has 12 heteroatoms. The molecule has 7 rings (SSSR count). The van der Waals surface area contributed by atoms with Crippen LogP contribution < -0.4 is 14.4 Å². The second-order valence-corrected chi connectivity index (χ2v) is 13.7. The van der Waals surface area contributed by atoms with E-state index >= 15 is 8.78 Å². The summed E-state index contributed by atoms with van der Waals surface area (Å²) in [5.41, 5.74) is -0.333. The summed E-state index contributed by atoms with van der Waals surface area (Å²) in [6.07, 6.45) is 7.04. The number of piperidine rings is 1. The molecule has 3 atom stereocenters. The van der Waals surface area contributed by atoms with Crippen LogP contribution in [0.5, 0.6) is 11.8 Å². The Morgan fingerprint density at radius 2 is 1.90 bits per heavy atom. The van der Waals surface area contributed by atoms with Gasteiger partial charge in [0.2, 0.25) is 0 Å². The van der Waals surface area contributed by atoms with Crippen LogP contribution in [0.1, 0.15) is 57.9 Å². The van der Waals surface area contributed by atoms with E-state index in [1.807, 2.05) is 11.8 Å². The molecule has 0 spiro atoms. The number of nitrogens with zero attached hydrogens (tertiary/aromatic N) is 5. The number of fused-ring (bicyclic) bond motifs is 3. The van der Waals surface area contributed by atoms with E-state index < -0.39 is 11.4 Å². The number of hydrogen-bond acceptors (Lipinski definition) is 10. The molecule has 3 aliphatic rings. The molecule has 2 aromatic carbocycles. The van der Waals surface area contributed by atoms with Crippen LogP contribution in [0.2, 0.25) is 0 Å². The van der Waals surface area contributed by atoms with Crippen molar-refractivity contribution in [2.45, 2.75) is 76.0 Å². The maximum Gasteiger partial charge on any atom is 0.319 e. The van der Waals surface area contributed by atoms with Gasteiger partial charge in [-0.25, -0.2) is 8.78 Å². The van der Waals surface area contributed by atoms with Crippen molar-refractivity contribution in [3.8, 4) is 23.0 Å². The SMILES string of the molecule is CCc1c(F)ccc2cc(OCOC)cc(-c3ncc4c(N5CCC[C@@](C)(O)C5)nc(OC[C@]56CCCN5[C@@H](CO)CC6)nc4c3F)c12. The second-order valence-electron chi connectivity index (χ2n) is 13.7. The Kier molecular flexibility index (Phi) is 8.86. The number of rotatable bonds is 10. The number of aromatic nitrogens is 3. The highest BCUT2D eigenvalue weighted by Gasteiger charge is 2.49. The molecule has 0 bridgehead atoms. The number of pyridine rings is 1. The lowest BCUT2D eigenvalue weighted by Crippen LogP contribution is -2.47. The first-order chi connectivity index (χ1) is 23.2. The normalized spacial score (nSPS) is 24.5. The van der Waals surface area contributed by atoms with Crippen molar-refractivity contribution >= 4 is 27.5 Å². The third-order valence-electron chi connectivity index (χ3n) is 10.4. The van der Waals surface area contributed by atoms with Gasteiger partial charge in [-0.3, -0.25) is 9.88 Å². The topological polar surface area (TPSA) is 113 Å². The lowest BCUT2D eigenvalue weighted by molar-refractivity contribution is 0.0446. The fourth-order valence-electron chi connectivity index (χ4n) is 8.15. The van der Waals surface area contributed by atoms with Gasteiger partial charge in [0, 0.05) is 38.0 Å². The summed E-state index contributed by atoms with van der Waals surface area (Å²) in [7, 11) is 1.51. The van der Waals surface area contributed by atoms with Crippen molar-refractivity contribution in [3.05, 3.63) is 47.7 Å². The van der Waals surface area contributed by atoms with Gasteiger partial charge in [-0.1, -0.05) is 13.0 Å². The number of anilines is 1. The van der Waals surface area contributed by atoms with Crippen LogP contribution in [-0.4, -0.2) is 94.0 Å². The Bertz CT molecular complexity index is 1840. The average molecular weight is 664 g/mol. The molecular formula is C36H43F2N5O5. The molecule has 4 aromatic rings. The number of aryl methyl sites for hydroxylation is 1. The van der Waals surface area contributed by atoms with Crippen LogP contribution >= 0.6 is 0 Å². The standard InChI is InChI=1S/C36H43F2N5O5/c1-4-25-28(37)8-7-22-15-24(48-21-46-3)16-26(29(22)25)31-30(38)32-27(17-39-31)33(42-13-5-10-35(2,45)19-42)41-34(40-32)47-20-36-11-6-14-43(36)23(18-44)9-12-36/h7-8,15-17,23,44-45H,4-6,9-14,18-21H2,1-3H3/t23-,35-,36-/m1/s1. The number of methoxy groups -OCH3 is 1. The number of aliphatic hydroxyl groups is 2. The molecule has 10 nitrogen and oxygen atoms in total. The van der Waals surface area contributed by atoms with Gasteiger partial charge < -0.3 is 29.3 Å². The zero-order valence-electron chi connectivity index (χ0n) is 27.8. The highest BCUT2D eigenvalue weighted by Crippen LogP contribution is 2.43. The van der Waals surface area contributed by atoms with E-state index in [1.165, 1.54) is 13.2 Å². The Morgan fingerprint density at radius 3 is 2.67 bits per heavy atom. The minimum Gasteiger partial charge on any atom is -0.468 e. The van der Waals surface area contributed by atoms with Crippen LogP contribution in [0.3, 0.4) is 0 Å². The minimum atomic E-state index is -0.947. The van der Waals surface area contributed by atoms with Crippen molar-refractivity contribution in [1.82, 2.24) is 19.9 Å². The molecule has 48 heavy (non-hydrogen) atoms. The Hall–Kier alpha value is -3.71. The lowest BCUT2D eigenvalue weighted by Gasteiger charge is -2.38. The van der Waals surface area contributed by atoms with E-state index in [-0.39, 0.29) is 48.0 Å². The first-order valence-electron chi connectivity index (χ1n) is 16.9. The third kappa shape index (κ3) is 5.82. The van der Waals surface area contributed by atoms with Crippen molar-refractivity contribution in [2.75, 3.05) is 51.7 Å². The monoisotopic (exact) mass is 663 g/mol. The Balaban J connectivity index is 1.37. The molecule has 3 aliphatic heterocycles. The number of β-amino-alcohol motifs (C(OH)–C–C–N with tert-alkyl or cyclic N) is 1. The predicted octanol–water partition coefficient (Wildman–Crippen LogP) is 5.39. The maximum absolute atomic E-state index is 17.1. The van der Waals surface area contributed by atoms with Crippen molar-refractivity contribution in [2.24, 2.45) is 0 Å². The van der Waals surface area contributed by atoms with Crippen LogP contribution in [-0.2, 0) is 11.2 Å². The van der Waals surface area contributed by atoms with Gasteiger partial charge in [-0.05, 0) is 92.9 Å². The van der Waals surface area contributed by atoms with Crippen LogP contribution in [0.25, 0.3) is 32.9 Å². The zero-order valence-corrected chi connectivity index (χ0v) is 27.8. The Labute approximate surface area is 278 Å². The summed E-state index contributed by atoms with van der Waals surface area (Å²) < 4.78 is 49.4. The Morgan fingerprint density at radius 1 is 1.06 bits per heavy atom. The zero-order chi connectivity index (χ0) is 33.6. The summed E-state index contributed by atoms with van der Waals surface area (Å²) in [6.45, 7) is 5.86. The number of hydrogen-bond donors (Lipinski definition) is 2. The highest BCUT2D eigenvalue weighted by molar-refractivity contribution is 6.01. The highest BCUT2D eigenvalue weighted by atomic mass is 19.1. The van der Waals surface area contributed by atoms with E-state index in [2.05, 4.69) is 14.9 Å². The first-order valence-corrected chi connectivity index (χ1v) is 16.9. The number of benzene rings is 2. The van der Waals surface area contributed by atoms with Crippen LogP contribution in [0.15, 0.2) is 30.5 Å². The molecule has 3 fully saturated rings. The molecule has 0 unspecified atom stereocenters. The molecule has 2 aromatic heterocycles. The number of aliphatic hydroxyl groups excluding tert-OH is 1. The van der Waals surface area contributed by atoms with E-state index in [1.54, 1.807) is 31.3 Å². The summed E-state index contributed by atoms with van der Waals surface area (Å²) in [6, 6.07) is 6.63. The van der Waals surface area contributed by atoms with Gasteiger partial charge in [0.05, 0.1) is 23.1 Å². The van der Waals surface area contributed by atoms with Gasteiger partial charge in [0.25, 0.3) is 0 Å². The lowest BCUT2D eigenvalue weighted by atomic mass is 9.94. The van der Waals surface area contributed by atoms with E-state index in [0.29, 0.717) is 71.4 Å². The first kappa shape index (κ1) is 32.8. The fourth-order valence-corrected chi connectivity index (χ4v) is 8.15. The van der Waals surface area contributed by atoms with Gasteiger partial charge >= 0.3 is 6.01 Å². The van der Waals surface area contributed by atoms with Gasteiger partial charge in [0.15, 0.2) is 12.6 Å². The molecule has 0 radical (unpaired) electrons. The summed E-state index contributed by atoms with van der Waals surface area (Å²) in [5, 5.41) is 22.5. The number of ether oxygens (including phenoxy) is 3. The smallest absolute Gasteiger partial charge is 0.319 e. The van der Waals surface area contributed by atoms with E-state index in [9.17, 15) is 10.2 Å². The number of halogens is 2. The van der Waals surface area contributed by atoms with Gasteiger partial charge in [-0.15, -0.1) is 0 Å². The molecule has 3 saturated heterocycles. The average Bonchev–Trinajstić information content (AvgIpc) is 3.65. The van der Waals surface area contributed by atoms with E-state index in [4.69, 9.17) is 19.2 Å². The summed E-state index contributed by atoms with van der Waals surface area (Å²) in [5.74, 6) is -0.208. The molecule has 2 N–H and O–H groups in total. The van der Waals surface area contributed by atoms with Gasteiger partial charge in [0.1, 0.15) is 35.2 Å². The fraction of sp³-hybridized carbons (Fsp3) is 0.528. The molecule has 256 valence electrons. The molecule has 0 saturated carbocycles. The second kappa shape index (κ2) is 13.0. The summed E-state index contributed by atoms with van der Waals surface area (Å²) in [4.78, 5) is 18.4. The third-order valence-corrected chi connectivity index (χ3v) is 10.4. The molecule has 0 aliphatic carbocycles. The van der Waals surface area contributed by atoms with E-state index in [0.717, 1.165) is 38.6 Å². The van der Waals surface area contributed by atoms with Crippen LogP contribution in [0, 0.1) is 11.6 Å². The predicted molar refractivity (Wildman–Crippen MR) is 178 cm³/mol. The van der Waals surface area contributed by atoms with Crippen molar-refractivity contribution in [3.63, 3.8) is 0 Å². The quantitative estimate of drug-likeness (QED) is 0.214. The van der Waals surface area contributed by atoms with Gasteiger partial charge in [-0.2, -0.15) is 9.97 Å². The minimum absolute atomic E-state index is 0.000880. The maximum atomic E-state index is 17.1. The van der Waals surface area contributed by atoms with Crippen LogP contribution in [0.4, 0.5) is 14.6 Å². The largest absolute Gasteiger partial charge is 0.468 e. The van der Waals surface area contributed by atoms with Crippen molar-refractivity contribution in [1.29, 1.82) is 0 Å².